The predicted molar refractivity (Wildman–Crippen MR) is 128 cm³/mol. The highest BCUT2D eigenvalue weighted by Gasteiger charge is 2.36. The average Bonchev–Trinajstić information content (AvgIpc) is 2.79. The van der Waals surface area contributed by atoms with E-state index in [9.17, 15) is 0 Å². The van der Waals surface area contributed by atoms with Gasteiger partial charge in [0.15, 0.2) is 0 Å². The molecule has 1 aromatic carbocycles. The number of hydrogen-bond donors (Lipinski definition) is 0. The van der Waals surface area contributed by atoms with Crippen LogP contribution in [-0.4, -0.2) is 6.61 Å². The van der Waals surface area contributed by atoms with Crippen LogP contribution in [0.1, 0.15) is 115 Å². The maximum atomic E-state index is 5.86. The van der Waals surface area contributed by atoms with Gasteiger partial charge < -0.3 is 4.74 Å². The first kappa shape index (κ1) is 22.2. The van der Waals surface area contributed by atoms with Crippen molar-refractivity contribution in [3.8, 4) is 5.75 Å². The molecule has 1 aromatic rings. The highest BCUT2D eigenvalue weighted by Crippen LogP contribution is 2.49. The second kappa shape index (κ2) is 11.1. The fraction of sp³-hybridized carbons (Fsp3) is 0.793. The molecule has 3 fully saturated rings. The number of unbranched alkanes of at least 4 members (excludes halogenated alkanes) is 1. The van der Waals surface area contributed by atoms with E-state index < -0.39 is 0 Å². The molecule has 1 nitrogen and oxygen atoms in total. The molecule has 30 heavy (non-hydrogen) atoms. The van der Waals surface area contributed by atoms with Gasteiger partial charge in [0, 0.05) is 0 Å². The lowest BCUT2D eigenvalue weighted by Gasteiger charge is -2.42. The van der Waals surface area contributed by atoms with Crippen LogP contribution in [0.5, 0.6) is 5.75 Å². The van der Waals surface area contributed by atoms with Crippen molar-refractivity contribution >= 4 is 0 Å². The van der Waals surface area contributed by atoms with Crippen LogP contribution in [0.3, 0.4) is 0 Å². The molecule has 0 N–H and O–H groups in total. The number of rotatable bonds is 8. The van der Waals surface area contributed by atoms with Crippen molar-refractivity contribution in [3.63, 3.8) is 0 Å². The third kappa shape index (κ3) is 6.04. The van der Waals surface area contributed by atoms with E-state index in [2.05, 4.69) is 38.1 Å². The first-order valence-electron chi connectivity index (χ1n) is 13.4. The largest absolute Gasteiger partial charge is 0.494 e. The normalized spacial score (nSPS) is 34.3. The predicted octanol–water partition coefficient (Wildman–Crippen LogP) is 8.77. The fourth-order valence-electron chi connectivity index (χ4n) is 6.81. The lowest BCUT2D eigenvalue weighted by Crippen LogP contribution is -2.30. The molecule has 4 unspecified atom stereocenters. The molecular weight excluding hydrogens is 364 g/mol. The molecule has 0 bridgehead atoms. The van der Waals surface area contributed by atoms with E-state index in [4.69, 9.17) is 4.74 Å². The Balaban J connectivity index is 1.20. The van der Waals surface area contributed by atoms with E-state index in [-0.39, 0.29) is 0 Å². The lowest BCUT2D eigenvalue weighted by molar-refractivity contribution is 0.109. The Morgan fingerprint density at radius 1 is 0.767 bits per heavy atom. The van der Waals surface area contributed by atoms with Crippen LogP contribution in [0.15, 0.2) is 24.3 Å². The van der Waals surface area contributed by atoms with E-state index in [1.54, 1.807) is 12.0 Å². The van der Waals surface area contributed by atoms with Crippen LogP contribution in [0.4, 0.5) is 0 Å². The third-order valence-electron chi connectivity index (χ3n) is 8.96. The maximum Gasteiger partial charge on any atom is 0.119 e. The van der Waals surface area contributed by atoms with Gasteiger partial charge in [-0.1, -0.05) is 77.3 Å². The summed E-state index contributed by atoms with van der Waals surface area (Å²) in [5.41, 5.74) is 1.56. The molecule has 1 heteroatoms. The summed E-state index contributed by atoms with van der Waals surface area (Å²) in [6.07, 6.45) is 20.3. The third-order valence-corrected chi connectivity index (χ3v) is 8.96. The Hall–Kier alpha value is -0.980. The Kier molecular flexibility index (Phi) is 8.19. The molecule has 3 aliphatic carbocycles. The first-order chi connectivity index (χ1) is 14.7. The summed E-state index contributed by atoms with van der Waals surface area (Å²) in [7, 11) is 0. The van der Waals surface area contributed by atoms with Gasteiger partial charge in [-0.25, -0.2) is 0 Å². The number of hydrogen-bond acceptors (Lipinski definition) is 1. The zero-order valence-corrected chi connectivity index (χ0v) is 19.8. The van der Waals surface area contributed by atoms with Gasteiger partial charge >= 0.3 is 0 Å². The van der Waals surface area contributed by atoms with Crippen molar-refractivity contribution in [1.29, 1.82) is 0 Å². The van der Waals surface area contributed by atoms with E-state index >= 15 is 0 Å². The molecule has 0 amide bonds. The second-order valence-electron chi connectivity index (χ2n) is 11.2. The first-order valence-corrected chi connectivity index (χ1v) is 13.4. The number of fused-ring (bicyclic) bond motifs is 1. The Bertz CT molecular complexity index is 612. The van der Waals surface area contributed by atoms with Crippen molar-refractivity contribution < 1.29 is 4.74 Å². The van der Waals surface area contributed by atoms with Gasteiger partial charge in [-0.05, 0) is 91.7 Å². The second-order valence-corrected chi connectivity index (χ2v) is 11.2. The van der Waals surface area contributed by atoms with E-state index in [1.807, 2.05) is 0 Å². The van der Waals surface area contributed by atoms with Crippen LogP contribution in [0.2, 0.25) is 0 Å². The van der Waals surface area contributed by atoms with Gasteiger partial charge in [0.25, 0.3) is 0 Å². The topological polar surface area (TPSA) is 9.23 Å². The summed E-state index contributed by atoms with van der Waals surface area (Å²) in [6.45, 7) is 5.51. The molecule has 3 saturated carbocycles. The van der Waals surface area contributed by atoms with Crippen molar-refractivity contribution in [2.24, 2.45) is 29.6 Å². The van der Waals surface area contributed by atoms with Gasteiger partial charge in [-0.3, -0.25) is 0 Å². The molecule has 4 atom stereocenters. The maximum absolute atomic E-state index is 5.86. The molecule has 0 aromatic heterocycles. The van der Waals surface area contributed by atoms with Gasteiger partial charge in [-0.2, -0.15) is 0 Å². The minimum absolute atomic E-state index is 0.789. The van der Waals surface area contributed by atoms with Crippen LogP contribution >= 0.6 is 0 Å². The minimum atomic E-state index is 0.789. The summed E-state index contributed by atoms with van der Waals surface area (Å²) in [4.78, 5) is 0. The van der Waals surface area contributed by atoms with Crippen molar-refractivity contribution in [3.05, 3.63) is 29.8 Å². The molecule has 0 radical (unpaired) electrons. The molecule has 0 aliphatic heterocycles. The number of benzene rings is 1. The highest BCUT2D eigenvalue weighted by molar-refractivity contribution is 5.30. The van der Waals surface area contributed by atoms with Gasteiger partial charge in [0.05, 0.1) is 6.61 Å². The summed E-state index contributed by atoms with van der Waals surface area (Å²) in [6, 6.07) is 9.12. The summed E-state index contributed by atoms with van der Waals surface area (Å²) in [5.74, 6) is 6.96. The summed E-state index contributed by atoms with van der Waals surface area (Å²) in [5, 5.41) is 0. The van der Waals surface area contributed by atoms with Crippen LogP contribution in [0, 0.1) is 29.6 Å². The molecule has 0 spiro atoms. The van der Waals surface area contributed by atoms with E-state index in [1.165, 1.54) is 77.0 Å². The standard InChI is InChI=1S/C29H46O/c1-3-4-19-30-29-17-15-25(16-18-29)27-14-13-26-20-24(11-12-28(26)21-27)10-9-23-7-5-22(2)6-8-23/h15-18,22-24,26-28H,3-14,19-21H2,1-2H3. The zero-order valence-electron chi connectivity index (χ0n) is 19.8. The highest BCUT2D eigenvalue weighted by atomic mass is 16.5. The molecule has 3 aliphatic rings. The van der Waals surface area contributed by atoms with Crippen LogP contribution in [-0.2, 0) is 0 Å². The molecule has 168 valence electrons. The monoisotopic (exact) mass is 410 g/mol. The summed E-state index contributed by atoms with van der Waals surface area (Å²) >= 11 is 0. The van der Waals surface area contributed by atoms with Crippen molar-refractivity contribution in [2.45, 2.75) is 110 Å². The Morgan fingerprint density at radius 3 is 2.20 bits per heavy atom. The quantitative estimate of drug-likeness (QED) is 0.389. The fourth-order valence-corrected chi connectivity index (χ4v) is 6.81. The zero-order chi connectivity index (χ0) is 20.8. The molecule has 4 rings (SSSR count). The Labute approximate surface area is 186 Å². The SMILES string of the molecule is CCCCOc1ccc(C2CCC3CC(CCC4CCC(C)CC4)CCC3C2)cc1. The van der Waals surface area contributed by atoms with E-state index in [0.717, 1.165) is 54.3 Å². The van der Waals surface area contributed by atoms with Crippen molar-refractivity contribution in [2.75, 3.05) is 6.61 Å². The van der Waals surface area contributed by atoms with Crippen LogP contribution in [0.25, 0.3) is 0 Å². The van der Waals surface area contributed by atoms with Gasteiger partial charge in [0.1, 0.15) is 5.75 Å². The van der Waals surface area contributed by atoms with Gasteiger partial charge in [0.2, 0.25) is 0 Å². The lowest BCUT2D eigenvalue weighted by atomic mass is 9.63. The van der Waals surface area contributed by atoms with Crippen LogP contribution < -0.4 is 4.74 Å². The molecular formula is C29H46O. The number of ether oxygens (including phenoxy) is 1. The average molecular weight is 411 g/mol. The molecule has 0 saturated heterocycles. The van der Waals surface area contributed by atoms with E-state index in [0.29, 0.717) is 0 Å². The van der Waals surface area contributed by atoms with Gasteiger partial charge in [-0.15, -0.1) is 0 Å². The minimum Gasteiger partial charge on any atom is -0.494 e. The van der Waals surface area contributed by atoms with Crippen molar-refractivity contribution in [1.82, 2.24) is 0 Å². The molecule has 0 heterocycles. The smallest absolute Gasteiger partial charge is 0.119 e. The summed E-state index contributed by atoms with van der Waals surface area (Å²) < 4.78 is 5.86. The Morgan fingerprint density at radius 2 is 1.43 bits per heavy atom.